The Morgan fingerprint density at radius 2 is 1.86 bits per heavy atom. The van der Waals surface area contributed by atoms with E-state index in [2.05, 4.69) is 4.72 Å². The first-order valence-corrected chi connectivity index (χ1v) is 8.30. The van der Waals surface area contributed by atoms with Gasteiger partial charge in [-0.3, -0.25) is 4.79 Å². The molecule has 0 spiro atoms. The van der Waals surface area contributed by atoms with Crippen LogP contribution in [0.15, 0.2) is 29.2 Å². The van der Waals surface area contributed by atoms with Crippen LogP contribution in [0.2, 0.25) is 0 Å². The van der Waals surface area contributed by atoms with Crippen LogP contribution in [0.25, 0.3) is 0 Å². The summed E-state index contributed by atoms with van der Waals surface area (Å²) in [7, 11) is -2.59. The van der Waals surface area contributed by atoms with E-state index in [1.807, 2.05) is 0 Å². The quantitative estimate of drug-likeness (QED) is 0.864. The van der Waals surface area contributed by atoms with Crippen LogP contribution in [0.5, 0.6) is 5.75 Å². The monoisotopic (exact) mass is 313 g/mol. The third-order valence-corrected chi connectivity index (χ3v) is 5.38. The highest BCUT2D eigenvalue weighted by atomic mass is 32.2. The lowest BCUT2D eigenvalue weighted by Gasteiger charge is -2.33. The molecule has 0 atom stereocenters. The summed E-state index contributed by atoms with van der Waals surface area (Å²) in [6, 6.07) is 6.17. The van der Waals surface area contributed by atoms with Crippen LogP contribution >= 0.6 is 0 Å². The molecule has 1 aliphatic rings. The smallest absolute Gasteiger partial charge is 0.324 e. The summed E-state index contributed by atoms with van der Waals surface area (Å²) in [4.78, 5) is 11.5. The number of ether oxygens (including phenoxy) is 1. The van der Waals surface area contributed by atoms with Gasteiger partial charge in [0.1, 0.15) is 16.2 Å². The van der Waals surface area contributed by atoms with Crippen molar-refractivity contribution in [3.8, 4) is 5.75 Å². The molecule has 0 radical (unpaired) electrons. The number of para-hydroxylation sites is 1. The molecule has 1 aromatic carbocycles. The summed E-state index contributed by atoms with van der Waals surface area (Å²) >= 11 is 0. The summed E-state index contributed by atoms with van der Waals surface area (Å²) in [5.41, 5.74) is -1.42. The molecule has 21 heavy (non-hydrogen) atoms. The topological polar surface area (TPSA) is 92.7 Å². The highest BCUT2D eigenvalue weighted by Crippen LogP contribution is 2.32. The molecule has 0 saturated heterocycles. The molecular weight excluding hydrogens is 294 g/mol. The summed E-state index contributed by atoms with van der Waals surface area (Å²) in [5.74, 6) is -0.929. The minimum absolute atomic E-state index is 0.0429. The number of aliphatic carboxylic acids is 1. The lowest BCUT2D eigenvalue weighted by molar-refractivity contribution is -0.145. The summed E-state index contributed by atoms with van der Waals surface area (Å²) in [6.07, 6.45) is 2.92. The summed E-state index contributed by atoms with van der Waals surface area (Å²) in [5, 5.41) is 9.47. The molecule has 0 unspecified atom stereocenters. The third-order valence-electron chi connectivity index (χ3n) is 3.80. The first kappa shape index (κ1) is 15.8. The van der Waals surface area contributed by atoms with Crippen LogP contribution in [0.1, 0.15) is 32.1 Å². The van der Waals surface area contributed by atoms with Gasteiger partial charge in [-0.2, -0.15) is 4.72 Å². The number of carboxylic acid groups (broad SMARTS) is 1. The fraction of sp³-hybridized carbons (Fsp3) is 0.500. The van der Waals surface area contributed by atoms with Crippen molar-refractivity contribution in [2.24, 2.45) is 0 Å². The Labute approximate surface area is 124 Å². The lowest BCUT2D eigenvalue weighted by Crippen LogP contribution is -2.55. The van der Waals surface area contributed by atoms with Crippen molar-refractivity contribution in [2.45, 2.75) is 42.5 Å². The van der Waals surface area contributed by atoms with Gasteiger partial charge in [0.15, 0.2) is 0 Å². The van der Waals surface area contributed by atoms with Gasteiger partial charge < -0.3 is 9.84 Å². The fourth-order valence-electron chi connectivity index (χ4n) is 2.67. The van der Waals surface area contributed by atoms with E-state index in [-0.39, 0.29) is 10.6 Å². The van der Waals surface area contributed by atoms with E-state index >= 15 is 0 Å². The average molecular weight is 313 g/mol. The van der Waals surface area contributed by atoms with Crippen molar-refractivity contribution >= 4 is 16.0 Å². The van der Waals surface area contributed by atoms with Crippen molar-refractivity contribution in [1.82, 2.24) is 4.72 Å². The van der Waals surface area contributed by atoms with E-state index in [4.69, 9.17) is 4.74 Å². The Kier molecular flexibility index (Phi) is 4.53. The number of nitrogens with one attached hydrogen (secondary N) is 1. The molecule has 0 aliphatic heterocycles. The van der Waals surface area contributed by atoms with Crippen LogP contribution in [0.3, 0.4) is 0 Å². The van der Waals surface area contributed by atoms with Crippen LogP contribution in [0, 0.1) is 0 Å². The van der Waals surface area contributed by atoms with Crippen molar-refractivity contribution in [3.63, 3.8) is 0 Å². The van der Waals surface area contributed by atoms with Gasteiger partial charge in [0, 0.05) is 0 Å². The number of benzene rings is 1. The molecular formula is C14H19NO5S. The van der Waals surface area contributed by atoms with E-state index in [9.17, 15) is 18.3 Å². The van der Waals surface area contributed by atoms with Gasteiger partial charge in [-0.1, -0.05) is 31.4 Å². The van der Waals surface area contributed by atoms with Gasteiger partial charge in [0.2, 0.25) is 10.0 Å². The second-order valence-electron chi connectivity index (χ2n) is 5.20. The van der Waals surface area contributed by atoms with Crippen molar-refractivity contribution in [3.05, 3.63) is 24.3 Å². The van der Waals surface area contributed by atoms with Gasteiger partial charge in [-0.05, 0) is 25.0 Å². The van der Waals surface area contributed by atoms with Gasteiger partial charge in [-0.25, -0.2) is 8.42 Å². The van der Waals surface area contributed by atoms with Gasteiger partial charge in [0.25, 0.3) is 0 Å². The Morgan fingerprint density at radius 3 is 2.43 bits per heavy atom. The maximum atomic E-state index is 12.5. The Bertz CT molecular complexity index is 620. The molecule has 7 heteroatoms. The van der Waals surface area contributed by atoms with E-state index in [0.717, 1.165) is 6.42 Å². The maximum Gasteiger partial charge on any atom is 0.324 e. The molecule has 0 amide bonds. The zero-order chi connectivity index (χ0) is 15.5. The van der Waals surface area contributed by atoms with E-state index in [0.29, 0.717) is 25.7 Å². The molecule has 1 aliphatic carbocycles. The predicted octanol–water partition coefficient (Wildman–Crippen LogP) is 1.76. The molecule has 116 valence electrons. The molecule has 0 bridgehead atoms. The number of hydrogen-bond acceptors (Lipinski definition) is 4. The van der Waals surface area contributed by atoms with Crippen LogP contribution < -0.4 is 9.46 Å². The largest absolute Gasteiger partial charge is 0.495 e. The molecule has 2 rings (SSSR count). The maximum absolute atomic E-state index is 12.5. The molecule has 1 aromatic rings. The predicted molar refractivity (Wildman–Crippen MR) is 76.8 cm³/mol. The SMILES string of the molecule is COc1ccccc1S(=O)(=O)NC1(C(=O)O)CCCCC1. The highest BCUT2D eigenvalue weighted by Gasteiger charge is 2.43. The highest BCUT2D eigenvalue weighted by molar-refractivity contribution is 7.89. The number of rotatable bonds is 5. The normalized spacial score (nSPS) is 18.1. The first-order valence-electron chi connectivity index (χ1n) is 6.82. The number of carbonyl (C=O) groups is 1. The lowest BCUT2D eigenvalue weighted by atomic mass is 9.83. The van der Waals surface area contributed by atoms with E-state index in [1.54, 1.807) is 12.1 Å². The number of carboxylic acids is 1. The molecule has 1 fully saturated rings. The Hall–Kier alpha value is -1.60. The zero-order valence-electron chi connectivity index (χ0n) is 11.8. The van der Waals surface area contributed by atoms with E-state index in [1.165, 1.54) is 19.2 Å². The van der Waals surface area contributed by atoms with E-state index < -0.39 is 21.5 Å². The standard InChI is InChI=1S/C14H19NO5S/c1-20-11-7-3-4-8-12(11)21(18,19)15-14(13(16)17)9-5-2-6-10-14/h3-4,7-8,15H,2,5-6,9-10H2,1H3,(H,16,17). The summed E-state index contributed by atoms with van der Waals surface area (Å²) in [6.45, 7) is 0. The number of methoxy groups -OCH3 is 1. The second-order valence-corrected chi connectivity index (χ2v) is 6.86. The molecule has 0 aromatic heterocycles. The van der Waals surface area contributed by atoms with Crippen molar-refractivity contribution in [1.29, 1.82) is 0 Å². The fourth-order valence-corrected chi connectivity index (χ4v) is 4.26. The summed E-state index contributed by atoms with van der Waals surface area (Å²) < 4.78 is 32.5. The molecule has 0 heterocycles. The minimum Gasteiger partial charge on any atom is -0.495 e. The van der Waals surface area contributed by atoms with Crippen molar-refractivity contribution in [2.75, 3.05) is 7.11 Å². The second kappa shape index (κ2) is 6.03. The van der Waals surface area contributed by atoms with Crippen LogP contribution in [-0.2, 0) is 14.8 Å². The van der Waals surface area contributed by atoms with Crippen LogP contribution in [0.4, 0.5) is 0 Å². The molecule has 1 saturated carbocycles. The number of sulfonamides is 1. The third kappa shape index (κ3) is 3.19. The minimum atomic E-state index is -3.96. The zero-order valence-corrected chi connectivity index (χ0v) is 12.6. The molecule has 6 nitrogen and oxygen atoms in total. The van der Waals surface area contributed by atoms with Gasteiger partial charge >= 0.3 is 5.97 Å². The van der Waals surface area contributed by atoms with Gasteiger partial charge in [-0.15, -0.1) is 0 Å². The molecule has 2 N–H and O–H groups in total. The number of hydrogen-bond donors (Lipinski definition) is 2. The Balaban J connectivity index is 2.37. The van der Waals surface area contributed by atoms with Crippen LogP contribution in [-0.4, -0.2) is 32.1 Å². The average Bonchev–Trinajstić information content (AvgIpc) is 2.47. The Morgan fingerprint density at radius 1 is 1.24 bits per heavy atom. The van der Waals surface area contributed by atoms with Gasteiger partial charge in [0.05, 0.1) is 7.11 Å². The van der Waals surface area contributed by atoms with Crippen molar-refractivity contribution < 1.29 is 23.1 Å². The first-order chi connectivity index (χ1) is 9.91.